The number of hydrogen-bond acceptors (Lipinski definition) is 2. The molecule has 0 aliphatic carbocycles. The maximum Gasteiger partial charge on any atom is 0.224 e. The molecule has 2 aromatic carbocycles. The normalized spacial score (nSPS) is 13.5. The summed E-state index contributed by atoms with van der Waals surface area (Å²) in [4.78, 5) is 14.2. The Morgan fingerprint density at radius 3 is 2.57 bits per heavy atom. The third-order valence-electron chi connectivity index (χ3n) is 4.40. The summed E-state index contributed by atoms with van der Waals surface area (Å²) in [6, 6.07) is 16.9. The fourth-order valence-electron chi connectivity index (χ4n) is 3.03. The zero-order valence-corrected chi connectivity index (χ0v) is 13.7. The van der Waals surface area contributed by atoms with Crippen molar-refractivity contribution in [3.63, 3.8) is 0 Å². The van der Waals surface area contributed by atoms with Gasteiger partial charge in [0.2, 0.25) is 5.91 Å². The third-order valence-corrected chi connectivity index (χ3v) is 4.40. The molecule has 23 heavy (non-hydrogen) atoms. The number of rotatable bonds is 5. The summed E-state index contributed by atoms with van der Waals surface area (Å²) in [5.41, 5.74) is 4.97. The molecule has 1 aliphatic heterocycles. The van der Waals surface area contributed by atoms with Gasteiger partial charge in [0, 0.05) is 30.9 Å². The molecule has 1 N–H and O–H groups in total. The zero-order valence-electron chi connectivity index (χ0n) is 13.7. The molecule has 0 unspecified atom stereocenters. The molecule has 3 nitrogen and oxygen atoms in total. The molecule has 120 valence electrons. The monoisotopic (exact) mass is 308 g/mol. The van der Waals surface area contributed by atoms with E-state index in [9.17, 15) is 4.79 Å². The highest BCUT2D eigenvalue weighted by molar-refractivity contribution is 5.90. The lowest BCUT2D eigenvalue weighted by Crippen LogP contribution is -2.30. The van der Waals surface area contributed by atoms with E-state index in [-0.39, 0.29) is 5.91 Å². The highest BCUT2D eigenvalue weighted by atomic mass is 16.1. The van der Waals surface area contributed by atoms with Crippen LogP contribution in [0.2, 0.25) is 0 Å². The Bertz CT molecular complexity index is 664. The Hall–Kier alpha value is -2.29. The van der Waals surface area contributed by atoms with Crippen molar-refractivity contribution < 1.29 is 4.79 Å². The second kappa shape index (κ2) is 7.32. The lowest BCUT2D eigenvalue weighted by molar-refractivity contribution is -0.116. The van der Waals surface area contributed by atoms with E-state index in [0.717, 1.165) is 38.0 Å². The van der Waals surface area contributed by atoms with Gasteiger partial charge >= 0.3 is 0 Å². The fourth-order valence-corrected chi connectivity index (χ4v) is 3.03. The predicted molar refractivity (Wildman–Crippen MR) is 95.8 cm³/mol. The first-order valence-electron chi connectivity index (χ1n) is 8.48. The van der Waals surface area contributed by atoms with Crippen molar-refractivity contribution in [2.24, 2.45) is 0 Å². The minimum Gasteiger partial charge on any atom is -0.367 e. The number of carbonyl (C=O) groups is 1. The maximum atomic E-state index is 11.8. The number of unbranched alkanes of at least 4 members (excludes halogenated alkanes) is 1. The number of fused-ring (bicyclic) bond motifs is 1. The van der Waals surface area contributed by atoms with Crippen LogP contribution in [0.25, 0.3) is 0 Å². The molecule has 0 spiro atoms. The van der Waals surface area contributed by atoms with Crippen LogP contribution >= 0.6 is 0 Å². The summed E-state index contributed by atoms with van der Waals surface area (Å²) in [6.45, 7) is 4.09. The number of nitrogens with one attached hydrogen (secondary N) is 1. The van der Waals surface area contributed by atoms with E-state index in [2.05, 4.69) is 53.5 Å². The van der Waals surface area contributed by atoms with E-state index in [0.29, 0.717) is 6.42 Å². The Kier molecular flexibility index (Phi) is 4.96. The van der Waals surface area contributed by atoms with Gasteiger partial charge in [0.25, 0.3) is 0 Å². The standard InChI is InChI=1S/C20H24N2O/c1-2-3-8-20(23)21-18-9-11-19(12-10-18)22-14-13-16-6-4-5-7-17(16)15-22/h4-7,9-12H,2-3,8,13-15H2,1H3,(H,21,23). The van der Waals surface area contributed by atoms with Gasteiger partial charge in [-0.2, -0.15) is 0 Å². The average Bonchev–Trinajstić information content (AvgIpc) is 2.60. The molecular weight excluding hydrogens is 284 g/mol. The summed E-state index contributed by atoms with van der Waals surface area (Å²) >= 11 is 0. The van der Waals surface area contributed by atoms with Crippen molar-refractivity contribution in [2.75, 3.05) is 16.8 Å². The molecule has 1 amide bonds. The van der Waals surface area contributed by atoms with E-state index >= 15 is 0 Å². The third kappa shape index (κ3) is 3.92. The molecular formula is C20H24N2O. The Labute approximate surface area is 138 Å². The fraction of sp³-hybridized carbons (Fsp3) is 0.350. The minimum atomic E-state index is 0.103. The van der Waals surface area contributed by atoms with E-state index < -0.39 is 0 Å². The van der Waals surface area contributed by atoms with Crippen LogP contribution < -0.4 is 10.2 Å². The van der Waals surface area contributed by atoms with Crippen LogP contribution in [0.3, 0.4) is 0 Å². The molecule has 3 rings (SSSR count). The zero-order chi connectivity index (χ0) is 16.1. The Morgan fingerprint density at radius 2 is 1.83 bits per heavy atom. The van der Waals surface area contributed by atoms with Crippen LogP contribution in [-0.2, 0) is 17.8 Å². The molecule has 0 saturated carbocycles. The number of anilines is 2. The van der Waals surface area contributed by atoms with Crippen molar-refractivity contribution in [3.8, 4) is 0 Å². The van der Waals surface area contributed by atoms with Crippen molar-refractivity contribution in [2.45, 2.75) is 39.2 Å². The quantitative estimate of drug-likeness (QED) is 0.889. The topological polar surface area (TPSA) is 32.3 Å². The molecule has 2 aromatic rings. The summed E-state index contributed by atoms with van der Waals surface area (Å²) in [5, 5.41) is 2.97. The van der Waals surface area contributed by atoms with Crippen molar-refractivity contribution >= 4 is 17.3 Å². The second-order valence-corrected chi connectivity index (χ2v) is 6.14. The second-order valence-electron chi connectivity index (χ2n) is 6.14. The molecule has 0 saturated heterocycles. The summed E-state index contributed by atoms with van der Waals surface area (Å²) in [6.07, 6.45) is 3.67. The van der Waals surface area contributed by atoms with Crippen molar-refractivity contribution in [1.29, 1.82) is 0 Å². The molecule has 0 bridgehead atoms. The van der Waals surface area contributed by atoms with E-state index in [4.69, 9.17) is 0 Å². The molecule has 0 radical (unpaired) electrons. The van der Waals surface area contributed by atoms with Crippen LogP contribution in [-0.4, -0.2) is 12.5 Å². The minimum absolute atomic E-state index is 0.103. The average molecular weight is 308 g/mol. The first kappa shape index (κ1) is 15.6. The largest absolute Gasteiger partial charge is 0.367 e. The van der Waals surface area contributed by atoms with Crippen molar-refractivity contribution in [1.82, 2.24) is 0 Å². The lowest BCUT2D eigenvalue weighted by Gasteiger charge is -2.30. The first-order valence-corrected chi connectivity index (χ1v) is 8.48. The van der Waals surface area contributed by atoms with Gasteiger partial charge in [0.15, 0.2) is 0 Å². The van der Waals surface area contributed by atoms with Gasteiger partial charge in [-0.25, -0.2) is 0 Å². The summed E-state index contributed by atoms with van der Waals surface area (Å²) < 4.78 is 0. The van der Waals surface area contributed by atoms with Crippen LogP contribution in [0.4, 0.5) is 11.4 Å². The van der Waals surface area contributed by atoms with Gasteiger partial charge < -0.3 is 10.2 Å². The maximum absolute atomic E-state index is 11.8. The predicted octanol–water partition coefficient (Wildman–Crippen LogP) is 4.38. The molecule has 1 heterocycles. The van der Waals surface area contributed by atoms with Crippen LogP contribution in [0.1, 0.15) is 37.3 Å². The van der Waals surface area contributed by atoms with Gasteiger partial charge in [0.1, 0.15) is 0 Å². The van der Waals surface area contributed by atoms with E-state index in [1.54, 1.807) is 0 Å². The molecule has 0 atom stereocenters. The SMILES string of the molecule is CCCCC(=O)Nc1ccc(N2CCc3ccccc3C2)cc1. The van der Waals surface area contributed by atoms with Crippen LogP contribution in [0.5, 0.6) is 0 Å². The van der Waals surface area contributed by atoms with Gasteiger partial charge in [-0.3, -0.25) is 4.79 Å². The summed E-state index contributed by atoms with van der Waals surface area (Å²) in [7, 11) is 0. The number of benzene rings is 2. The first-order chi connectivity index (χ1) is 11.3. The van der Waals surface area contributed by atoms with Gasteiger partial charge in [-0.15, -0.1) is 0 Å². The molecule has 3 heteroatoms. The number of nitrogens with zero attached hydrogens (tertiary/aromatic N) is 1. The number of carbonyl (C=O) groups excluding carboxylic acids is 1. The lowest BCUT2D eigenvalue weighted by atomic mass is 9.99. The van der Waals surface area contributed by atoms with Gasteiger partial charge in [0.05, 0.1) is 0 Å². The smallest absolute Gasteiger partial charge is 0.224 e. The number of hydrogen-bond donors (Lipinski definition) is 1. The summed E-state index contributed by atoms with van der Waals surface area (Å²) in [5.74, 6) is 0.103. The van der Waals surface area contributed by atoms with Crippen LogP contribution in [0.15, 0.2) is 48.5 Å². The molecule has 0 aromatic heterocycles. The van der Waals surface area contributed by atoms with E-state index in [1.165, 1.54) is 16.8 Å². The molecule has 0 fully saturated rings. The Morgan fingerprint density at radius 1 is 1.09 bits per heavy atom. The van der Waals surface area contributed by atoms with Crippen molar-refractivity contribution in [3.05, 3.63) is 59.7 Å². The Balaban J connectivity index is 1.63. The number of amides is 1. The van der Waals surface area contributed by atoms with E-state index in [1.807, 2.05) is 12.1 Å². The van der Waals surface area contributed by atoms with Crippen LogP contribution in [0, 0.1) is 0 Å². The van der Waals surface area contributed by atoms with Gasteiger partial charge in [-0.1, -0.05) is 37.6 Å². The molecule has 1 aliphatic rings. The highest BCUT2D eigenvalue weighted by Gasteiger charge is 2.15. The van der Waals surface area contributed by atoms with Gasteiger partial charge in [-0.05, 0) is 48.2 Å². The highest BCUT2D eigenvalue weighted by Crippen LogP contribution is 2.25.